The van der Waals surface area contributed by atoms with E-state index in [0.717, 1.165) is 29.6 Å². The average molecular weight is 232 g/mol. The van der Waals surface area contributed by atoms with Gasteiger partial charge in [-0.25, -0.2) is 0 Å². The van der Waals surface area contributed by atoms with E-state index in [4.69, 9.17) is 0 Å². The average Bonchev–Trinajstić information content (AvgIpc) is 2.92. The van der Waals surface area contributed by atoms with E-state index in [1.165, 1.54) is 44.9 Å². The van der Waals surface area contributed by atoms with Crippen molar-refractivity contribution >= 4 is 0 Å². The molecule has 3 rings (SSSR count). The molecular weight excluding hydrogens is 204 g/mol. The summed E-state index contributed by atoms with van der Waals surface area (Å²) in [4.78, 5) is 0. The topological polar surface area (TPSA) is 0 Å². The van der Waals surface area contributed by atoms with E-state index in [2.05, 4.69) is 26.5 Å². The van der Waals surface area contributed by atoms with Crippen LogP contribution in [0.1, 0.15) is 58.8 Å². The van der Waals surface area contributed by atoms with Crippen LogP contribution in [-0.4, -0.2) is 0 Å². The molecule has 0 heteroatoms. The van der Waals surface area contributed by atoms with Gasteiger partial charge in [0, 0.05) is 0 Å². The number of allylic oxidation sites excluding steroid dienone is 1. The van der Waals surface area contributed by atoms with Crippen molar-refractivity contribution in [1.29, 1.82) is 0 Å². The lowest BCUT2D eigenvalue weighted by Gasteiger charge is -2.43. The van der Waals surface area contributed by atoms with Crippen molar-refractivity contribution in [2.45, 2.75) is 58.8 Å². The van der Waals surface area contributed by atoms with E-state index in [1.807, 2.05) is 0 Å². The van der Waals surface area contributed by atoms with E-state index in [-0.39, 0.29) is 0 Å². The predicted octanol–water partition coefficient (Wildman–Crippen LogP) is 5.05. The second-order valence-corrected chi connectivity index (χ2v) is 7.14. The fraction of sp³-hybridized carbons (Fsp3) is 0.882. The molecule has 3 fully saturated rings. The van der Waals surface area contributed by atoms with Gasteiger partial charge in [-0.05, 0) is 67.1 Å². The van der Waals surface area contributed by atoms with E-state index in [1.54, 1.807) is 0 Å². The summed E-state index contributed by atoms with van der Waals surface area (Å²) in [6, 6.07) is 0. The van der Waals surface area contributed by atoms with E-state index >= 15 is 0 Å². The first-order valence-corrected chi connectivity index (χ1v) is 7.83. The van der Waals surface area contributed by atoms with Crippen molar-refractivity contribution in [3.63, 3.8) is 0 Å². The van der Waals surface area contributed by atoms with Crippen LogP contribution in [-0.2, 0) is 0 Å². The van der Waals surface area contributed by atoms with Crippen molar-refractivity contribution in [2.24, 2.45) is 35.0 Å². The Morgan fingerprint density at radius 3 is 2.71 bits per heavy atom. The Hall–Kier alpha value is -0.260. The maximum atomic E-state index is 4.13. The molecule has 0 radical (unpaired) electrons. The predicted molar refractivity (Wildman–Crippen MR) is 73.7 cm³/mol. The van der Waals surface area contributed by atoms with Gasteiger partial charge in [0.1, 0.15) is 0 Å². The number of fused-ring (bicyclic) bond motifs is 3. The summed E-state index contributed by atoms with van der Waals surface area (Å²) in [5.74, 6) is 5.03. The molecule has 96 valence electrons. The van der Waals surface area contributed by atoms with Crippen LogP contribution in [0.5, 0.6) is 0 Å². The van der Waals surface area contributed by atoms with Gasteiger partial charge in [-0.1, -0.05) is 32.8 Å². The molecule has 3 aliphatic carbocycles. The molecule has 0 amide bonds. The second-order valence-electron chi connectivity index (χ2n) is 7.14. The van der Waals surface area contributed by atoms with Crippen molar-refractivity contribution in [1.82, 2.24) is 0 Å². The van der Waals surface area contributed by atoms with Crippen LogP contribution in [0.15, 0.2) is 12.7 Å². The third kappa shape index (κ3) is 1.55. The molecule has 0 spiro atoms. The van der Waals surface area contributed by atoms with E-state index in [0.29, 0.717) is 5.41 Å². The highest BCUT2D eigenvalue weighted by Crippen LogP contribution is 2.63. The van der Waals surface area contributed by atoms with Crippen molar-refractivity contribution < 1.29 is 0 Å². The van der Waals surface area contributed by atoms with Crippen LogP contribution in [0.3, 0.4) is 0 Å². The number of rotatable bonds is 2. The lowest BCUT2D eigenvalue weighted by molar-refractivity contribution is 0.0656. The number of hydrogen-bond donors (Lipinski definition) is 0. The SMILES string of the molecule is C=CC1CC2C3CCCC3CCC2C1(C)CC. The van der Waals surface area contributed by atoms with Crippen LogP contribution in [0.25, 0.3) is 0 Å². The molecule has 0 bridgehead atoms. The monoisotopic (exact) mass is 232 g/mol. The van der Waals surface area contributed by atoms with Gasteiger partial charge in [0.15, 0.2) is 0 Å². The lowest BCUT2D eigenvalue weighted by atomic mass is 9.62. The standard InChI is InChI=1S/C17H28/c1-4-13-11-15-14-8-6-7-12(14)9-10-16(15)17(13,3)5-2/h4,12-16H,1,5-11H2,2-3H3. The van der Waals surface area contributed by atoms with Crippen LogP contribution >= 0.6 is 0 Å². The first-order valence-electron chi connectivity index (χ1n) is 7.83. The van der Waals surface area contributed by atoms with Gasteiger partial charge in [-0.15, -0.1) is 6.58 Å². The highest BCUT2D eigenvalue weighted by Gasteiger charge is 2.55. The van der Waals surface area contributed by atoms with Gasteiger partial charge in [0.25, 0.3) is 0 Å². The molecule has 0 aliphatic heterocycles. The minimum absolute atomic E-state index is 0.569. The molecule has 0 aromatic carbocycles. The highest BCUT2D eigenvalue weighted by atomic mass is 14.6. The van der Waals surface area contributed by atoms with Gasteiger partial charge < -0.3 is 0 Å². The largest absolute Gasteiger partial charge is 0.103 e. The van der Waals surface area contributed by atoms with Crippen LogP contribution in [0.4, 0.5) is 0 Å². The van der Waals surface area contributed by atoms with Crippen LogP contribution in [0.2, 0.25) is 0 Å². The Morgan fingerprint density at radius 2 is 2.00 bits per heavy atom. The maximum Gasteiger partial charge on any atom is -0.0177 e. The second kappa shape index (κ2) is 4.14. The zero-order valence-electron chi connectivity index (χ0n) is 11.6. The zero-order valence-corrected chi connectivity index (χ0v) is 11.6. The molecule has 0 heterocycles. The van der Waals surface area contributed by atoms with Crippen molar-refractivity contribution in [3.8, 4) is 0 Å². The third-order valence-electron chi connectivity index (χ3n) is 6.90. The summed E-state index contributed by atoms with van der Waals surface area (Å²) < 4.78 is 0. The first-order chi connectivity index (χ1) is 8.20. The first kappa shape index (κ1) is 11.8. The summed E-state index contributed by atoms with van der Waals surface area (Å²) in [6.45, 7) is 9.09. The molecule has 6 atom stereocenters. The summed E-state index contributed by atoms with van der Waals surface area (Å²) in [5.41, 5.74) is 0.569. The minimum Gasteiger partial charge on any atom is -0.103 e. The lowest BCUT2D eigenvalue weighted by Crippen LogP contribution is -2.35. The Balaban J connectivity index is 1.89. The number of hydrogen-bond acceptors (Lipinski definition) is 0. The van der Waals surface area contributed by atoms with Gasteiger partial charge in [0.2, 0.25) is 0 Å². The molecule has 0 saturated heterocycles. The summed E-state index contributed by atoms with van der Waals surface area (Å²) in [5, 5.41) is 0. The third-order valence-corrected chi connectivity index (χ3v) is 6.90. The summed E-state index contributed by atoms with van der Waals surface area (Å²) >= 11 is 0. The smallest absolute Gasteiger partial charge is 0.0177 e. The fourth-order valence-corrected chi connectivity index (χ4v) is 5.78. The van der Waals surface area contributed by atoms with E-state index in [9.17, 15) is 0 Å². The Bertz CT molecular complexity index is 305. The normalized spacial score (nSPS) is 53.2. The van der Waals surface area contributed by atoms with Crippen molar-refractivity contribution in [3.05, 3.63) is 12.7 Å². The zero-order chi connectivity index (χ0) is 12.0. The Kier molecular flexibility index (Phi) is 2.88. The van der Waals surface area contributed by atoms with Gasteiger partial charge in [-0.2, -0.15) is 0 Å². The van der Waals surface area contributed by atoms with Crippen LogP contribution in [0, 0.1) is 35.0 Å². The molecular formula is C17H28. The molecule has 6 unspecified atom stereocenters. The van der Waals surface area contributed by atoms with Gasteiger partial charge in [0.05, 0.1) is 0 Å². The van der Waals surface area contributed by atoms with Crippen LogP contribution < -0.4 is 0 Å². The Morgan fingerprint density at radius 1 is 1.18 bits per heavy atom. The van der Waals surface area contributed by atoms with Crippen molar-refractivity contribution in [2.75, 3.05) is 0 Å². The summed E-state index contributed by atoms with van der Waals surface area (Å²) in [7, 11) is 0. The molecule has 0 aromatic rings. The molecule has 3 saturated carbocycles. The molecule has 3 aliphatic rings. The fourth-order valence-electron chi connectivity index (χ4n) is 5.78. The molecule has 0 aromatic heterocycles. The quantitative estimate of drug-likeness (QED) is 0.584. The molecule has 0 nitrogen and oxygen atoms in total. The molecule has 0 N–H and O–H groups in total. The van der Waals surface area contributed by atoms with Gasteiger partial charge >= 0.3 is 0 Å². The summed E-state index contributed by atoms with van der Waals surface area (Å²) in [6.07, 6.45) is 12.7. The van der Waals surface area contributed by atoms with E-state index < -0.39 is 0 Å². The minimum atomic E-state index is 0.569. The maximum absolute atomic E-state index is 4.13. The molecule has 17 heavy (non-hydrogen) atoms. The highest BCUT2D eigenvalue weighted by molar-refractivity contribution is 5.08. The Labute approximate surface area is 107 Å². The van der Waals surface area contributed by atoms with Gasteiger partial charge in [-0.3, -0.25) is 0 Å².